The van der Waals surface area contributed by atoms with E-state index in [4.69, 9.17) is 9.68 Å². The fourth-order valence-electron chi connectivity index (χ4n) is 2.40. The van der Waals surface area contributed by atoms with Gasteiger partial charge in [-0.15, -0.1) is 0 Å². The molecule has 0 radical (unpaired) electrons. The number of carbonyl (C=O) groups is 1. The van der Waals surface area contributed by atoms with Crippen molar-refractivity contribution in [2.24, 2.45) is 0 Å². The maximum Gasteiger partial charge on any atom is 0.225 e. The normalized spacial score (nSPS) is 12.1. The van der Waals surface area contributed by atoms with Gasteiger partial charge in [-0.1, -0.05) is 25.5 Å². The third-order valence-electron chi connectivity index (χ3n) is 3.76. The summed E-state index contributed by atoms with van der Waals surface area (Å²) < 4.78 is 5.60. The van der Waals surface area contributed by atoms with Crippen LogP contribution >= 0.6 is 0 Å². The number of aryl methyl sites for hydroxylation is 2. The summed E-state index contributed by atoms with van der Waals surface area (Å²) in [5.74, 6) is -0.143. The molecule has 0 spiro atoms. The standard InChI is InChI=1S/C17H20N2O2/c1-4-5-14(9-18)19-16(20)8-13-10-21-17-12(3)11(2)6-7-15(13)17/h6-7,10,14H,4-5,8H2,1-3H3,(H,19,20). The Bertz CT molecular complexity index is 695. The van der Waals surface area contributed by atoms with E-state index in [0.29, 0.717) is 6.42 Å². The fourth-order valence-corrected chi connectivity index (χ4v) is 2.40. The van der Waals surface area contributed by atoms with Gasteiger partial charge in [0.15, 0.2) is 0 Å². The molecule has 2 rings (SSSR count). The van der Waals surface area contributed by atoms with Gasteiger partial charge >= 0.3 is 0 Å². The molecule has 1 aromatic heterocycles. The number of hydrogen-bond donors (Lipinski definition) is 1. The van der Waals surface area contributed by atoms with E-state index in [-0.39, 0.29) is 12.3 Å². The lowest BCUT2D eigenvalue weighted by Crippen LogP contribution is -2.34. The van der Waals surface area contributed by atoms with Crippen molar-refractivity contribution in [1.82, 2.24) is 5.32 Å². The molecule has 4 heteroatoms. The van der Waals surface area contributed by atoms with Crippen LogP contribution < -0.4 is 5.32 Å². The first-order valence-electron chi connectivity index (χ1n) is 7.22. The van der Waals surface area contributed by atoms with E-state index in [0.717, 1.165) is 28.5 Å². The summed E-state index contributed by atoms with van der Waals surface area (Å²) in [7, 11) is 0. The summed E-state index contributed by atoms with van der Waals surface area (Å²) in [6.45, 7) is 6.04. The number of furan rings is 1. The molecular formula is C17H20N2O2. The van der Waals surface area contributed by atoms with Crippen LogP contribution in [0.4, 0.5) is 0 Å². The van der Waals surface area contributed by atoms with E-state index in [1.165, 1.54) is 5.56 Å². The minimum atomic E-state index is -0.412. The number of fused-ring (bicyclic) bond motifs is 1. The summed E-state index contributed by atoms with van der Waals surface area (Å²) in [6.07, 6.45) is 3.41. The predicted molar refractivity (Wildman–Crippen MR) is 81.8 cm³/mol. The maximum absolute atomic E-state index is 12.0. The molecule has 0 bridgehead atoms. The van der Waals surface area contributed by atoms with Crippen molar-refractivity contribution in [3.63, 3.8) is 0 Å². The highest BCUT2D eigenvalue weighted by Crippen LogP contribution is 2.26. The van der Waals surface area contributed by atoms with Crippen LogP contribution in [0.25, 0.3) is 11.0 Å². The first-order chi connectivity index (χ1) is 10.1. The van der Waals surface area contributed by atoms with Crippen molar-refractivity contribution in [3.05, 3.63) is 35.1 Å². The average molecular weight is 284 g/mol. The molecule has 1 atom stereocenters. The number of hydrogen-bond acceptors (Lipinski definition) is 3. The van der Waals surface area contributed by atoms with E-state index in [2.05, 4.69) is 11.4 Å². The molecule has 110 valence electrons. The predicted octanol–water partition coefficient (Wildman–Crippen LogP) is 3.40. The van der Waals surface area contributed by atoms with Gasteiger partial charge in [-0.25, -0.2) is 0 Å². The molecule has 1 N–H and O–H groups in total. The Morgan fingerprint density at radius 2 is 2.19 bits per heavy atom. The SMILES string of the molecule is CCCC(C#N)NC(=O)Cc1coc2c(C)c(C)ccc12. The van der Waals surface area contributed by atoms with Crippen molar-refractivity contribution < 1.29 is 9.21 Å². The van der Waals surface area contributed by atoms with Gasteiger partial charge in [0.1, 0.15) is 11.6 Å². The average Bonchev–Trinajstić information content (AvgIpc) is 2.86. The third-order valence-corrected chi connectivity index (χ3v) is 3.76. The second kappa shape index (κ2) is 6.45. The van der Waals surface area contributed by atoms with E-state index in [1.807, 2.05) is 32.9 Å². The molecule has 4 nitrogen and oxygen atoms in total. The van der Waals surface area contributed by atoms with Crippen molar-refractivity contribution in [1.29, 1.82) is 5.26 Å². The lowest BCUT2D eigenvalue weighted by Gasteiger charge is -2.09. The molecule has 2 aromatic rings. The van der Waals surface area contributed by atoms with E-state index < -0.39 is 6.04 Å². The zero-order valence-corrected chi connectivity index (χ0v) is 12.7. The minimum Gasteiger partial charge on any atom is -0.464 e. The van der Waals surface area contributed by atoms with Crippen LogP contribution in [0.5, 0.6) is 0 Å². The molecule has 0 fully saturated rings. The van der Waals surface area contributed by atoms with Crippen molar-refractivity contribution >= 4 is 16.9 Å². The molecular weight excluding hydrogens is 264 g/mol. The second-order valence-corrected chi connectivity index (χ2v) is 5.36. The summed E-state index contributed by atoms with van der Waals surface area (Å²) in [5, 5.41) is 12.7. The van der Waals surface area contributed by atoms with Crippen molar-refractivity contribution in [2.45, 2.75) is 46.1 Å². The quantitative estimate of drug-likeness (QED) is 0.915. The van der Waals surface area contributed by atoms with E-state index in [1.54, 1.807) is 6.26 Å². The number of benzene rings is 1. The maximum atomic E-state index is 12.0. The van der Waals surface area contributed by atoms with Gasteiger partial charge in [0.2, 0.25) is 5.91 Å². The summed E-state index contributed by atoms with van der Waals surface area (Å²) in [6, 6.07) is 5.71. The van der Waals surface area contributed by atoms with Crippen LogP contribution in [0, 0.1) is 25.2 Å². The summed E-state index contributed by atoms with van der Waals surface area (Å²) in [4.78, 5) is 12.0. The number of amides is 1. The van der Waals surface area contributed by atoms with Crippen molar-refractivity contribution in [2.75, 3.05) is 0 Å². The molecule has 1 aromatic carbocycles. The summed E-state index contributed by atoms with van der Waals surface area (Å²) >= 11 is 0. The number of nitrogens with zero attached hydrogens (tertiary/aromatic N) is 1. The second-order valence-electron chi connectivity index (χ2n) is 5.36. The minimum absolute atomic E-state index is 0.143. The van der Waals surface area contributed by atoms with E-state index >= 15 is 0 Å². The lowest BCUT2D eigenvalue weighted by atomic mass is 10.0. The van der Waals surface area contributed by atoms with Crippen LogP contribution in [0.15, 0.2) is 22.8 Å². The highest BCUT2D eigenvalue weighted by molar-refractivity contribution is 5.89. The number of rotatable bonds is 5. The van der Waals surface area contributed by atoms with Gasteiger partial charge in [0.25, 0.3) is 0 Å². The molecule has 1 heterocycles. The Hall–Kier alpha value is -2.28. The highest BCUT2D eigenvalue weighted by Gasteiger charge is 2.15. The number of nitriles is 1. The number of nitrogens with one attached hydrogen (secondary N) is 1. The zero-order chi connectivity index (χ0) is 15.4. The third kappa shape index (κ3) is 3.25. The lowest BCUT2D eigenvalue weighted by molar-refractivity contribution is -0.120. The Kier molecular flexibility index (Phi) is 4.64. The molecule has 0 aliphatic carbocycles. The Morgan fingerprint density at radius 1 is 1.43 bits per heavy atom. The van der Waals surface area contributed by atoms with Gasteiger partial charge in [-0.3, -0.25) is 4.79 Å². The van der Waals surface area contributed by atoms with Crippen LogP contribution in [0.2, 0.25) is 0 Å². The molecule has 0 aliphatic heterocycles. The van der Waals surface area contributed by atoms with Gasteiger partial charge in [-0.2, -0.15) is 5.26 Å². The van der Waals surface area contributed by atoms with Gasteiger partial charge in [-0.05, 0) is 31.4 Å². The Balaban J connectivity index is 2.15. The first-order valence-corrected chi connectivity index (χ1v) is 7.22. The van der Waals surface area contributed by atoms with E-state index in [9.17, 15) is 4.79 Å². The highest BCUT2D eigenvalue weighted by atomic mass is 16.3. The molecule has 1 amide bonds. The van der Waals surface area contributed by atoms with Crippen LogP contribution in [-0.4, -0.2) is 11.9 Å². The van der Waals surface area contributed by atoms with Gasteiger partial charge in [0.05, 0.1) is 18.8 Å². The molecule has 0 saturated heterocycles. The van der Waals surface area contributed by atoms with Crippen molar-refractivity contribution in [3.8, 4) is 6.07 Å². The Morgan fingerprint density at radius 3 is 2.86 bits per heavy atom. The fraction of sp³-hybridized carbons (Fsp3) is 0.412. The first kappa shape index (κ1) is 15.1. The molecule has 1 unspecified atom stereocenters. The smallest absolute Gasteiger partial charge is 0.225 e. The van der Waals surface area contributed by atoms with Gasteiger partial charge < -0.3 is 9.73 Å². The largest absolute Gasteiger partial charge is 0.464 e. The van der Waals surface area contributed by atoms with Gasteiger partial charge in [0, 0.05) is 10.9 Å². The topological polar surface area (TPSA) is 66.0 Å². The molecule has 0 aliphatic rings. The molecule has 21 heavy (non-hydrogen) atoms. The van der Waals surface area contributed by atoms with Crippen LogP contribution in [0.3, 0.4) is 0 Å². The summed E-state index contributed by atoms with van der Waals surface area (Å²) in [5.41, 5.74) is 3.96. The monoisotopic (exact) mass is 284 g/mol. The number of carbonyl (C=O) groups excluding carboxylic acids is 1. The van der Waals surface area contributed by atoms with Crippen LogP contribution in [0.1, 0.15) is 36.5 Å². The zero-order valence-electron chi connectivity index (χ0n) is 12.7. The Labute approximate surface area is 124 Å². The molecule has 0 saturated carbocycles. The van der Waals surface area contributed by atoms with Crippen LogP contribution in [-0.2, 0) is 11.2 Å².